The van der Waals surface area contributed by atoms with Crippen molar-refractivity contribution in [1.82, 2.24) is 25.4 Å². The van der Waals surface area contributed by atoms with E-state index in [1.54, 1.807) is 6.20 Å². The molecule has 6 rings (SSSR count). The second kappa shape index (κ2) is 8.57. The van der Waals surface area contributed by atoms with Crippen molar-refractivity contribution in [2.75, 3.05) is 31.9 Å². The molecule has 0 aliphatic carbocycles. The van der Waals surface area contributed by atoms with Gasteiger partial charge in [0.1, 0.15) is 11.5 Å². The van der Waals surface area contributed by atoms with Gasteiger partial charge < -0.3 is 16.0 Å². The lowest BCUT2D eigenvalue weighted by Crippen LogP contribution is -2.63. The number of aromatic amines is 1. The Morgan fingerprint density at radius 3 is 2.74 bits per heavy atom. The van der Waals surface area contributed by atoms with E-state index in [4.69, 9.17) is 5.73 Å². The maximum absolute atomic E-state index is 13.2. The molecule has 2 fully saturated rings. The van der Waals surface area contributed by atoms with Crippen molar-refractivity contribution in [3.63, 3.8) is 0 Å². The highest BCUT2D eigenvalue weighted by atomic mass is 16.2. The van der Waals surface area contributed by atoms with E-state index in [1.165, 1.54) is 12.8 Å². The number of anilines is 1. The third-order valence-electron chi connectivity index (χ3n) is 7.08. The summed E-state index contributed by atoms with van der Waals surface area (Å²) in [5.74, 6) is 6.98. The van der Waals surface area contributed by atoms with Gasteiger partial charge in [0.2, 0.25) is 0 Å². The summed E-state index contributed by atoms with van der Waals surface area (Å²) in [5.41, 5.74) is 11.1. The number of benzene rings is 2. The maximum atomic E-state index is 13.2. The minimum atomic E-state index is 0.0700. The van der Waals surface area contributed by atoms with Gasteiger partial charge in [0.25, 0.3) is 5.91 Å². The van der Waals surface area contributed by atoms with E-state index >= 15 is 0 Å². The minimum absolute atomic E-state index is 0.0700. The number of carbonyl (C=O) groups is 1. The lowest BCUT2D eigenvalue weighted by molar-refractivity contribution is -0.00721. The van der Waals surface area contributed by atoms with Crippen molar-refractivity contribution in [3.05, 3.63) is 77.6 Å². The van der Waals surface area contributed by atoms with E-state index < -0.39 is 0 Å². The lowest BCUT2D eigenvalue weighted by Gasteiger charge is -2.52. The number of nitrogens with two attached hydrogens (primary N) is 1. The highest BCUT2D eigenvalue weighted by Crippen LogP contribution is 2.37. The zero-order valence-corrected chi connectivity index (χ0v) is 19.3. The first-order chi connectivity index (χ1) is 17.1. The van der Waals surface area contributed by atoms with Crippen molar-refractivity contribution in [3.8, 4) is 23.0 Å². The molecular weight excluding hydrogens is 436 g/mol. The fourth-order valence-electron chi connectivity index (χ4n) is 5.23. The van der Waals surface area contributed by atoms with Crippen LogP contribution in [0, 0.1) is 17.3 Å². The lowest BCUT2D eigenvalue weighted by atomic mass is 9.74. The molecule has 7 heteroatoms. The third kappa shape index (κ3) is 3.92. The summed E-state index contributed by atoms with van der Waals surface area (Å²) in [4.78, 5) is 19.3. The average Bonchev–Trinajstić information content (AvgIpc) is 3.29. The van der Waals surface area contributed by atoms with Crippen molar-refractivity contribution in [1.29, 1.82) is 0 Å². The van der Waals surface area contributed by atoms with Crippen LogP contribution in [0.25, 0.3) is 22.0 Å². The SMILES string of the molecule is Nc1ncccc1-c1ccccc1C#Cc1n[nH]c2ccc(C(=O)N3CC4(CCCNC4)C3)cc12. The fraction of sp³-hybridized carbons (Fsp3) is 0.250. The molecule has 1 spiro atoms. The number of rotatable bonds is 2. The quantitative estimate of drug-likeness (QED) is 0.397. The first-order valence-corrected chi connectivity index (χ1v) is 11.9. The molecule has 0 bridgehead atoms. The number of aromatic nitrogens is 3. The topological polar surface area (TPSA) is 99.9 Å². The van der Waals surface area contributed by atoms with E-state index in [0.717, 1.165) is 53.8 Å². The molecular formula is C28H26N6O. The van der Waals surface area contributed by atoms with Gasteiger partial charge in [-0.15, -0.1) is 0 Å². The third-order valence-corrected chi connectivity index (χ3v) is 7.08. The van der Waals surface area contributed by atoms with E-state index in [-0.39, 0.29) is 11.3 Å². The Morgan fingerprint density at radius 1 is 1.06 bits per heavy atom. The summed E-state index contributed by atoms with van der Waals surface area (Å²) in [5, 5.41) is 11.8. The van der Waals surface area contributed by atoms with Gasteiger partial charge in [0, 0.05) is 58.9 Å². The van der Waals surface area contributed by atoms with Crippen LogP contribution in [0.3, 0.4) is 0 Å². The molecule has 7 nitrogen and oxygen atoms in total. The molecule has 0 atom stereocenters. The summed E-state index contributed by atoms with van der Waals surface area (Å²) in [6, 6.07) is 17.3. The number of nitrogen functional groups attached to an aromatic ring is 1. The second-order valence-electron chi connectivity index (χ2n) is 9.51. The molecule has 174 valence electrons. The normalized spacial score (nSPS) is 16.5. The Kier molecular flexibility index (Phi) is 5.24. The minimum Gasteiger partial charge on any atom is -0.383 e. The molecule has 0 radical (unpaired) electrons. The number of carbonyl (C=O) groups excluding carboxylic acids is 1. The zero-order valence-electron chi connectivity index (χ0n) is 19.3. The molecule has 2 aromatic carbocycles. The van der Waals surface area contributed by atoms with Crippen LogP contribution in [-0.4, -0.2) is 52.2 Å². The Labute approximate surface area is 203 Å². The summed E-state index contributed by atoms with van der Waals surface area (Å²) in [6.45, 7) is 3.73. The van der Waals surface area contributed by atoms with Crippen LogP contribution in [0.1, 0.15) is 34.5 Å². The predicted octanol–water partition coefficient (Wildman–Crippen LogP) is 3.43. The van der Waals surface area contributed by atoms with E-state index in [2.05, 4.69) is 32.3 Å². The Balaban J connectivity index is 1.28. The maximum Gasteiger partial charge on any atom is 0.253 e. The van der Waals surface area contributed by atoms with Gasteiger partial charge in [-0.05, 0) is 61.7 Å². The van der Waals surface area contributed by atoms with Crippen LogP contribution >= 0.6 is 0 Å². The van der Waals surface area contributed by atoms with Gasteiger partial charge in [-0.2, -0.15) is 5.10 Å². The average molecular weight is 463 g/mol. The molecule has 2 aliphatic heterocycles. The van der Waals surface area contributed by atoms with Gasteiger partial charge in [-0.25, -0.2) is 4.98 Å². The van der Waals surface area contributed by atoms with Crippen LogP contribution in [0.15, 0.2) is 60.8 Å². The Bertz CT molecular complexity index is 1480. The smallest absolute Gasteiger partial charge is 0.253 e. The summed E-state index contributed by atoms with van der Waals surface area (Å²) in [6.07, 6.45) is 4.05. The van der Waals surface area contributed by atoms with Crippen molar-refractivity contribution in [2.24, 2.45) is 5.41 Å². The first-order valence-electron chi connectivity index (χ1n) is 11.9. The molecule has 2 saturated heterocycles. The summed E-state index contributed by atoms with van der Waals surface area (Å²) in [7, 11) is 0. The highest BCUT2D eigenvalue weighted by molar-refractivity contribution is 5.99. The number of pyridine rings is 1. The number of amides is 1. The van der Waals surface area contributed by atoms with E-state index in [9.17, 15) is 4.79 Å². The van der Waals surface area contributed by atoms with E-state index in [1.807, 2.05) is 59.5 Å². The number of nitrogens with zero attached hydrogens (tertiary/aromatic N) is 3. The predicted molar refractivity (Wildman–Crippen MR) is 137 cm³/mol. The molecule has 2 aliphatic rings. The Hall–Kier alpha value is -4.15. The van der Waals surface area contributed by atoms with E-state index in [0.29, 0.717) is 17.1 Å². The molecule has 4 aromatic rings. The number of hydrogen-bond donors (Lipinski definition) is 3. The first kappa shape index (κ1) is 21.4. The number of H-pyrrole nitrogens is 1. The van der Waals surface area contributed by atoms with Gasteiger partial charge >= 0.3 is 0 Å². The molecule has 35 heavy (non-hydrogen) atoms. The molecule has 0 unspecified atom stereocenters. The summed E-state index contributed by atoms with van der Waals surface area (Å²) < 4.78 is 0. The highest BCUT2D eigenvalue weighted by Gasteiger charge is 2.45. The van der Waals surface area contributed by atoms with Crippen LogP contribution in [0.2, 0.25) is 0 Å². The molecule has 1 amide bonds. The van der Waals surface area contributed by atoms with Crippen molar-refractivity contribution < 1.29 is 4.79 Å². The monoisotopic (exact) mass is 462 g/mol. The molecule has 2 aromatic heterocycles. The van der Waals surface area contributed by atoms with Gasteiger partial charge in [0.05, 0.1) is 5.52 Å². The van der Waals surface area contributed by atoms with Crippen LogP contribution in [0.5, 0.6) is 0 Å². The van der Waals surface area contributed by atoms with Crippen LogP contribution in [0.4, 0.5) is 5.82 Å². The van der Waals surface area contributed by atoms with Crippen molar-refractivity contribution >= 4 is 22.6 Å². The number of piperidine rings is 1. The van der Waals surface area contributed by atoms with Crippen LogP contribution in [-0.2, 0) is 0 Å². The fourth-order valence-corrected chi connectivity index (χ4v) is 5.23. The standard InChI is InChI=1S/C28H26N6O/c29-26-22(7-3-14-31-26)21-6-2-1-5-19(21)8-10-24-23-15-20(9-11-25(23)33-32-24)27(35)34-17-28(18-34)12-4-13-30-16-28/h1-3,5-7,9,11,14-15,30H,4,12-13,16-18H2,(H2,29,31)(H,32,33). The number of likely N-dealkylation sites (tertiary alicyclic amines) is 1. The molecule has 4 N–H and O–H groups in total. The van der Waals surface area contributed by atoms with Crippen molar-refractivity contribution in [2.45, 2.75) is 12.8 Å². The molecule has 4 heterocycles. The molecule has 0 saturated carbocycles. The van der Waals surface area contributed by atoms with Gasteiger partial charge in [-0.3, -0.25) is 9.89 Å². The van der Waals surface area contributed by atoms with Gasteiger partial charge in [0.15, 0.2) is 0 Å². The van der Waals surface area contributed by atoms with Gasteiger partial charge in [-0.1, -0.05) is 24.1 Å². The summed E-state index contributed by atoms with van der Waals surface area (Å²) >= 11 is 0. The number of nitrogens with one attached hydrogen (secondary N) is 2. The van der Waals surface area contributed by atoms with Crippen LogP contribution < -0.4 is 11.1 Å². The Morgan fingerprint density at radius 2 is 1.91 bits per heavy atom. The zero-order chi connectivity index (χ0) is 23.8. The largest absolute Gasteiger partial charge is 0.383 e. The second-order valence-corrected chi connectivity index (χ2v) is 9.51. The number of fused-ring (bicyclic) bond motifs is 1. The number of hydrogen-bond acceptors (Lipinski definition) is 5.